The number of halogens is 1. The Kier molecular flexibility index (Phi) is 7.88. The molecule has 0 saturated carbocycles. The van der Waals surface area contributed by atoms with E-state index in [-0.39, 0.29) is 5.91 Å². The van der Waals surface area contributed by atoms with Crippen LogP contribution in [0.4, 0.5) is 5.69 Å². The Bertz CT molecular complexity index is 1460. The van der Waals surface area contributed by atoms with Gasteiger partial charge in [-0.25, -0.2) is 0 Å². The Hall–Kier alpha value is -3.20. The van der Waals surface area contributed by atoms with Crippen LogP contribution >= 0.6 is 27.7 Å². The van der Waals surface area contributed by atoms with E-state index in [1.165, 1.54) is 5.57 Å². The van der Waals surface area contributed by atoms with Crippen LogP contribution in [0.3, 0.4) is 0 Å². The second kappa shape index (κ2) is 11.5. The van der Waals surface area contributed by atoms with Crippen LogP contribution in [0.5, 0.6) is 0 Å². The van der Waals surface area contributed by atoms with Gasteiger partial charge in [0.15, 0.2) is 0 Å². The van der Waals surface area contributed by atoms with Crippen molar-refractivity contribution in [1.29, 1.82) is 0 Å². The number of hydrogen-bond acceptors (Lipinski definition) is 6. The summed E-state index contributed by atoms with van der Waals surface area (Å²) in [6, 6.07) is 19.7. The van der Waals surface area contributed by atoms with E-state index in [9.17, 15) is 4.79 Å². The van der Waals surface area contributed by atoms with Crippen LogP contribution in [0.1, 0.15) is 28.2 Å². The van der Waals surface area contributed by atoms with Crippen LogP contribution in [0.25, 0.3) is 22.5 Å². The fourth-order valence-corrected chi connectivity index (χ4v) is 5.90. The lowest BCUT2D eigenvalue weighted by atomic mass is 9.97. The summed E-state index contributed by atoms with van der Waals surface area (Å²) in [5, 5.41) is 10.3. The van der Waals surface area contributed by atoms with E-state index in [4.69, 9.17) is 4.52 Å². The Labute approximate surface area is 229 Å². The molecule has 0 bridgehead atoms. The summed E-state index contributed by atoms with van der Waals surface area (Å²) in [5.74, 6) is 1.96. The van der Waals surface area contributed by atoms with Gasteiger partial charge in [0.2, 0.25) is 11.7 Å². The molecule has 0 aliphatic carbocycles. The molecule has 5 rings (SSSR count). The van der Waals surface area contributed by atoms with Gasteiger partial charge >= 0.3 is 0 Å². The van der Waals surface area contributed by atoms with E-state index in [0.717, 1.165) is 62.6 Å². The maximum Gasteiger partial charge on any atom is 0.255 e. The van der Waals surface area contributed by atoms with Gasteiger partial charge in [0.25, 0.3) is 5.91 Å². The average Bonchev–Trinajstić information content (AvgIpc) is 3.35. The molecule has 6 nitrogen and oxygen atoms in total. The summed E-state index contributed by atoms with van der Waals surface area (Å²) in [4.78, 5) is 18.4. The topological polar surface area (TPSA) is 80.0 Å². The lowest BCUT2D eigenvalue weighted by molar-refractivity contribution is 0.102. The molecular formula is C29H27BrN4O2S. The average molecular weight is 576 g/mol. The van der Waals surface area contributed by atoms with Gasteiger partial charge in [-0.1, -0.05) is 41.1 Å². The summed E-state index contributed by atoms with van der Waals surface area (Å²) < 4.78 is 6.07. The number of carbonyl (C=O) groups is 1. The highest BCUT2D eigenvalue weighted by Gasteiger charge is 2.12. The number of nitrogens with zero attached hydrogens (tertiary/aromatic N) is 2. The first-order valence-electron chi connectivity index (χ1n) is 12.1. The van der Waals surface area contributed by atoms with Crippen LogP contribution in [-0.2, 0) is 0 Å². The number of thioether (sulfide) groups is 1. The van der Waals surface area contributed by atoms with Crippen molar-refractivity contribution in [2.24, 2.45) is 0 Å². The highest BCUT2D eigenvalue weighted by Crippen LogP contribution is 2.32. The summed E-state index contributed by atoms with van der Waals surface area (Å²) in [6.07, 6.45) is 3.38. The minimum Gasteiger partial charge on any atom is -0.339 e. The van der Waals surface area contributed by atoms with Gasteiger partial charge in [-0.2, -0.15) is 4.98 Å². The lowest BCUT2D eigenvalue weighted by Gasteiger charge is -2.14. The van der Waals surface area contributed by atoms with Crippen molar-refractivity contribution >= 4 is 39.3 Å². The predicted molar refractivity (Wildman–Crippen MR) is 153 cm³/mol. The number of aryl methyl sites for hydroxylation is 2. The Morgan fingerprint density at radius 1 is 1.08 bits per heavy atom. The number of aromatic nitrogens is 2. The number of anilines is 1. The van der Waals surface area contributed by atoms with E-state index in [1.54, 1.807) is 6.92 Å². The third-order valence-electron chi connectivity index (χ3n) is 6.23. The molecule has 1 amide bonds. The van der Waals surface area contributed by atoms with Crippen molar-refractivity contribution < 1.29 is 9.32 Å². The van der Waals surface area contributed by atoms with E-state index in [0.29, 0.717) is 17.3 Å². The second-order valence-corrected chi connectivity index (χ2v) is 10.8. The quantitative estimate of drug-likeness (QED) is 0.182. The number of benzene rings is 3. The normalized spacial score (nSPS) is 13.3. The molecule has 3 aromatic carbocycles. The van der Waals surface area contributed by atoms with Gasteiger partial charge in [-0.15, -0.1) is 11.8 Å². The van der Waals surface area contributed by atoms with Gasteiger partial charge in [0.05, 0.1) is 0 Å². The zero-order valence-corrected chi connectivity index (χ0v) is 23.1. The second-order valence-electron chi connectivity index (χ2n) is 8.95. The summed E-state index contributed by atoms with van der Waals surface area (Å²) in [5.41, 5.74) is 6.97. The van der Waals surface area contributed by atoms with Crippen LogP contribution in [0, 0.1) is 13.8 Å². The fraction of sp³-hybridized carbons (Fsp3) is 0.207. The first-order valence-corrected chi connectivity index (χ1v) is 13.9. The number of nitrogens with one attached hydrogen (secondary N) is 2. The highest BCUT2D eigenvalue weighted by molar-refractivity contribution is 9.10. The maximum absolute atomic E-state index is 12.9. The molecule has 1 aromatic heterocycles. The van der Waals surface area contributed by atoms with Crippen LogP contribution in [0.15, 0.2) is 86.2 Å². The molecule has 0 radical (unpaired) electrons. The number of hydrogen-bond donors (Lipinski definition) is 2. The molecule has 1 aliphatic heterocycles. The van der Waals surface area contributed by atoms with Gasteiger partial charge < -0.3 is 15.2 Å². The SMILES string of the molecule is Cc1nc(-c2ccc(-c3ccc(C(=O)Nc4ccc(SCC5=CCNCC5)c(Br)c4)cc3)c(C)c2)no1. The first kappa shape index (κ1) is 25.4. The molecule has 0 spiro atoms. The number of carbonyl (C=O) groups excluding carboxylic acids is 1. The van der Waals surface area contributed by atoms with Crippen LogP contribution in [-0.4, -0.2) is 34.9 Å². The fourth-order valence-electron chi connectivity index (χ4n) is 4.21. The van der Waals surface area contributed by atoms with Gasteiger partial charge in [-0.3, -0.25) is 4.79 Å². The third-order valence-corrected chi connectivity index (χ3v) is 8.33. The van der Waals surface area contributed by atoms with Crippen molar-refractivity contribution in [2.45, 2.75) is 25.2 Å². The molecule has 0 unspecified atom stereocenters. The summed E-state index contributed by atoms with van der Waals surface area (Å²) in [7, 11) is 0. The molecule has 2 N–H and O–H groups in total. The smallest absolute Gasteiger partial charge is 0.255 e. The van der Waals surface area contributed by atoms with Crippen molar-refractivity contribution in [2.75, 3.05) is 24.2 Å². The van der Waals surface area contributed by atoms with E-state index < -0.39 is 0 Å². The molecule has 188 valence electrons. The minimum atomic E-state index is -0.140. The zero-order chi connectivity index (χ0) is 25.8. The summed E-state index contributed by atoms with van der Waals surface area (Å²) in [6.45, 7) is 5.83. The molecule has 1 aliphatic rings. The molecule has 2 heterocycles. The van der Waals surface area contributed by atoms with Crippen molar-refractivity contribution in [1.82, 2.24) is 15.5 Å². The molecule has 37 heavy (non-hydrogen) atoms. The number of amides is 1. The molecular weight excluding hydrogens is 548 g/mol. The minimum absolute atomic E-state index is 0.140. The van der Waals surface area contributed by atoms with Gasteiger partial charge in [-0.05, 0) is 88.9 Å². The van der Waals surface area contributed by atoms with Gasteiger partial charge in [0.1, 0.15) is 0 Å². The lowest BCUT2D eigenvalue weighted by Crippen LogP contribution is -2.21. The van der Waals surface area contributed by atoms with Crippen molar-refractivity contribution in [3.63, 3.8) is 0 Å². The molecule has 4 aromatic rings. The first-order chi connectivity index (χ1) is 18.0. The van der Waals surface area contributed by atoms with Crippen molar-refractivity contribution in [3.8, 4) is 22.5 Å². The molecule has 0 atom stereocenters. The Morgan fingerprint density at radius 3 is 2.57 bits per heavy atom. The van der Waals surface area contributed by atoms with E-state index in [2.05, 4.69) is 55.8 Å². The molecule has 0 fully saturated rings. The largest absolute Gasteiger partial charge is 0.339 e. The number of rotatable bonds is 7. The van der Waals surface area contributed by atoms with E-state index in [1.807, 2.05) is 66.4 Å². The summed E-state index contributed by atoms with van der Waals surface area (Å²) >= 11 is 5.48. The van der Waals surface area contributed by atoms with E-state index >= 15 is 0 Å². The maximum atomic E-state index is 12.9. The molecule has 8 heteroatoms. The Balaban J connectivity index is 1.23. The zero-order valence-electron chi connectivity index (χ0n) is 20.7. The predicted octanol–water partition coefficient (Wildman–Crippen LogP) is 7.05. The monoisotopic (exact) mass is 574 g/mol. The molecule has 0 saturated heterocycles. The Morgan fingerprint density at radius 2 is 1.89 bits per heavy atom. The van der Waals surface area contributed by atoms with Gasteiger partial charge in [0, 0.05) is 45.4 Å². The van der Waals surface area contributed by atoms with Crippen LogP contribution in [0.2, 0.25) is 0 Å². The van der Waals surface area contributed by atoms with Crippen molar-refractivity contribution in [3.05, 3.63) is 93.8 Å². The third kappa shape index (κ3) is 6.21. The highest BCUT2D eigenvalue weighted by atomic mass is 79.9. The van der Waals surface area contributed by atoms with Crippen LogP contribution < -0.4 is 10.6 Å². The standard InChI is InChI=1S/C29H27BrN4O2S/c1-18-15-23(28-32-19(2)36-34-28)7-9-25(18)21-3-5-22(6-4-21)29(35)33-24-8-10-27(26(30)16-24)37-17-20-11-13-31-14-12-20/h3-11,15-16,31H,12-14,17H2,1-2H3,(H,33,35).